The van der Waals surface area contributed by atoms with Crippen molar-refractivity contribution < 1.29 is 13.5 Å². The van der Waals surface area contributed by atoms with Crippen molar-refractivity contribution >= 4 is 21.4 Å². The Hall–Kier alpha value is -0.470. The molecule has 0 amide bonds. The molecule has 0 spiro atoms. The average Bonchev–Trinajstić information content (AvgIpc) is 2.82. The minimum Gasteiger partial charge on any atom is -0.386 e. The van der Waals surface area contributed by atoms with Crippen LogP contribution in [0.25, 0.3) is 0 Å². The third-order valence-corrected chi connectivity index (χ3v) is 5.38. The lowest BCUT2D eigenvalue weighted by Crippen LogP contribution is -2.49. The highest BCUT2D eigenvalue weighted by Gasteiger charge is 2.24. The van der Waals surface area contributed by atoms with E-state index in [4.69, 9.17) is 0 Å². The lowest BCUT2D eigenvalue weighted by atomic mass is 10.2. The number of aliphatic hydroxyl groups excluding tert-OH is 1. The Morgan fingerprint density at radius 1 is 1.39 bits per heavy atom. The van der Waals surface area contributed by atoms with Gasteiger partial charge in [0.25, 0.3) is 0 Å². The van der Waals surface area contributed by atoms with Crippen LogP contribution in [0.5, 0.6) is 0 Å². The van der Waals surface area contributed by atoms with E-state index in [-0.39, 0.29) is 0 Å². The van der Waals surface area contributed by atoms with Gasteiger partial charge in [-0.15, -0.1) is 11.3 Å². The van der Waals surface area contributed by atoms with Crippen LogP contribution in [0.4, 0.5) is 0 Å². The number of hydrogen-bond acceptors (Lipinski definition) is 5. The second-order valence-electron chi connectivity index (χ2n) is 4.49. The number of hydrogen-bond donors (Lipinski definition) is 1. The summed E-state index contributed by atoms with van der Waals surface area (Å²) in [6.45, 7) is 2.94. The molecule has 0 radical (unpaired) electrons. The van der Waals surface area contributed by atoms with Crippen LogP contribution < -0.4 is 0 Å². The molecular weight excluding hydrogens is 272 g/mol. The van der Waals surface area contributed by atoms with Crippen LogP contribution >= 0.6 is 11.3 Å². The van der Waals surface area contributed by atoms with Crippen molar-refractivity contribution in [2.75, 3.05) is 39.0 Å². The summed E-state index contributed by atoms with van der Waals surface area (Å²) in [7, 11) is -3.07. The van der Waals surface area contributed by atoms with Gasteiger partial charge in [-0.2, -0.15) is 4.31 Å². The molecule has 0 saturated carbocycles. The molecule has 1 atom stereocenters. The van der Waals surface area contributed by atoms with Crippen LogP contribution in [0.15, 0.2) is 17.5 Å². The van der Waals surface area contributed by atoms with Gasteiger partial charge < -0.3 is 5.11 Å². The zero-order valence-corrected chi connectivity index (χ0v) is 12.0. The zero-order chi connectivity index (χ0) is 13.2. The summed E-state index contributed by atoms with van der Waals surface area (Å²) in [5, 5.41) is 12.0. The molecule has 0 aromatic carbocycles. The normalized spacial score (nSPS) is 21.0. The summed E-state index contributed by atoms with van der Waals surface area (Å²) in [6.07, 6.45) is 0.762. The van der Waals surface area contributed by atoms with E-state index in [1.165, 1.54) is 10.6 Å². The lowest BCUT2D eigenvalue weighted by Gasteiger charge is -2.34. The smallest absolute Gasteiger partial charge is 0.211 e. The fourth-order valence-corrected chi connectivity index (χ4v) is 3.59. The van der Waals surface area contributed by atoms with Crippen LogP contribution in [-0.2, 0) is 10.0 Å². The molecule has 102 valence electrons. The van der Waals surface area contributed by atoms with Crippen LogP contribution in [0, 0.1) is 0 Å². The molecule has 5 nitrogen and oxygen atoms in total. The van der Waals surface area contributed by atoms with E-state index >= 15 is 0 Å². The Morgan fingerprint density at radius 2 is 2.06 bits per heavy atom. The fourth-order valence-electron chi connectivity index (χ4n) is 2.06. The fraction of sp³-hybridized carbons (Fsp3) is 0.636. The summed E-state index contributed by atoms with van der Waals surface area (Å²) in [5.74, 6) is 0. The first-order chi connectivity index (χ1) is 8.47. The summed E-state index contributed by atoms with van der Waals surface area (Å²) >= 11 is 1.54. The lowest BCUT2D eigenvalue weighted by molar-refractivity contribution is 0.0944. The molecule has 1 aromatic rings. The molecule has 1 saturated heterocycles. The Kier molecular flexibility index (Phi) is 4.39. The number of nitrogens with zero attached hydrogens (tertiary/aromatic N) is 2. The first kappa shape index (κ1) is 14.0. The topological polar surface area (TPSA) is 60.9 Å². The van der Waals surface area contributed by atoms with Gasteiger partial charge in [-0.05, 0) is 11.4 Å². The highest BCUT2D eigenvalue weighted by atomic mass is 32.2. The van der Waals surface area contributed by atoms with Crippen LogP contribution in [-0.4, -0.2) is 61.7 Å². The standard InChI is InChI=1S/C11H18N2O3S2/c1-18(15,16)13-6-4-12(5-7-13)9-10(14)11-3-2-8-17-11/h2-3,8,10,14H,4-7,9H2,1H3/t10-/m1/s1. The third-order valence-electron chi connectivity index (χ3n) is 3.10. The summed E-state index contributed by atoms with van der Waals surface area (Å²) in [4.78, 5) is 3.06. The van der Waals surface area contributed by atoms with Crippen molar-refractivity contribution in [1.82, 2.24) is 9.21 Å². The number of thiophene rings is 1. The van der Waals surface area contributed by atoms with Crippen LogP contribution in [0.2, 0.25) is 0 Å². The molecule has 1 aliphatic heterocycles. The van der Waals surface area contributed by atoms with Gasteiger partial charge in [-0.25, -0.2) is 8.42 Å². The highest BCUT2D eigenvalue weighted by Crippen LogP contribution is 2.20. The molecule has 0 aliphatic carbocycles. The van der Waals surface area contributed by atoms with Gasteiger partial charge in [-0.1, -0.05) is 6.07 Å². The van der Waals surface area contributed by atoms with Gasteiger partial charge in [0.1, 0.15) is 6.10 Å². The van der Waals surface area contributed by atoms with Crippen LogP contribution in [0.3, 0.4) is 0 Å². The number of β-amino-alcohol motifs (C(OH)–C–C–N with tert-alkyl or cyclic N) is 1. The molecule has 1 N–H and O–H groups in total. The quantitative estimate of drug-likeness (QED) is 0.870. The minimum atomic E-state index is -3.07. The molecule has 0 unspecified atom stereocenters. The van der Waals surface area contributed by atoms with E-state index in [0.717, 1.165) is 4.88 Å². The maximum Gasteiger partial charge on any atom is 0.211 e. The number of rotatable bonds is 4. The largest absolute Gasteiger partial charge is 0.386 e. The van der Waals surface area contributed by atoms with Gasteiger partial charge >= 0.3 is 0 Å². The summed E-state index contributed by atoms with van der Waals surface area (Å²) < 4.78 is 24.2. The predicted molar refractivity (Wildman–Crippen MR) is 72.1 cm³/mol. The number of sulfonamides is 1. The van der Waals surface area contributed by atoms with Crippen molar-refractivity contribution in [1.29, 1.82) is 0 Å². The van der Waals surface area contributed by atoms with E-state index in [1.54, 1.807) is 11.3 Å². The first-order valence-electron chi connectivity index (χ1n) is 5.86. The van der Waals surface area contributed by atoms with Gasteiger partial charge in [0.05, 0.1) is 6.26 Å². The van der Waals surface area contributed by atoms with Crippen LogP contribution in [0.1, 0.15) is 11.0 Å². The molecule has 1 fully saturated rings. The van der Waals surface area contributed by atoms with Gasteiger partial charge in [0.2, 0.25) is 10.0 Å². The van der Waals surface area contributed by atoms with E-state index in [1.807, 2.05) is 17.5 Å². The van der Waals surface area contributed by atoms with E-state index in [0.29, 0.717) is 32.7 Å². The average molecular weight is 290 g/mol. The summed E-state index contributed by atoms with van der Waals surface area (Å²) in [5.41, 5.74) is 0. The Labute approximate surface area is 112 Å². The second kappa shape index (κ2) is 5.66. The van der Waals surface area contributed by atoms with Gasteiger partial charge in [0.15, 0.2) is 0 Å². The second-order valence-corrected chi connectivity index (χ2v) is 7.46. The zero-order valence-electron chi connectivity index (χ0n) is 10.3. The van der Waals surface area contributed by atoms with Crippen molar-refractivity contribution in [2.24, 2.45) is 0 Å². The van der Waals surface area contributed by atoms with Crippen molar-refractivity contribution in [3.8, 4) is 0 Å². The van der Waals surface area contributed by atoms with Gasteiger partial charge in [0, 0.05) is 37.6 Å². The minimum absolute atomic E-state index is 0.477. The predicted octanol–water partition coefficient (Wildman–Crippen LogP) is 0.359. The van der Waals surface area contributed by atoms with E-state index in [2.05, 4.69) is 4.90 Å². The number of piperazine rings is 1. The molecular formula is C11H18N2O3S2. The molecule has 2 heterocycles. The highest BCUT2D eigenvalue weighted by molar-refractivity contribution is 7.88. The maximum absolute atomic E-state index is 11.4. The first-order valence-corrected chi connectivity index (χ1v) is 8.58. The SMILES string of the molecule is CS(=O)(=O)N1CCN(C[C@@H](O)c2cccs2)CC1. The van der Waals surface area contributed by atoms with Crippen molar-refractivity contribution in [2.45, 2.75) is 6.10 Å². The van der Waals surface area contributed by atoms with Crippen molar-refractivity contribution in [3.63, 3.8) is 0 Å². The molecule has 1 aliphatic rings. The molecule has 18 heavy (non-hydrogen) atoms. The molecule has 0 bridgehead atoms. The Balaban J connectivity index is 1.84. The van der Waals surface area contributed by atoms with E-state index < -0.39 is 16.1 Å². The molecule has 2 rings (SSSR count). The summed E-state index contributed by atoms with van der Waals surface area (Å²) in [6, 6.07) is 3.84. The Bertz CT molecular complexity index is 464. The molecule has 7 heteroatoms. The molecule has 1 aromatic heterocycles. The number of aliphatic hydroxyl groups is 1. The Morgan fingerprint density at radius 3 is 2.56 bits per heavy atom. The third kappa shape index (κ3) is 3.52. The maximum atomic E-state index is 11.4. The van der Waals surface area contributed by atoms with E-state index in [9.17, 15) is 13.5 Å². The monoisotopic (exact) mass is 290 g/mol. The van der Waals surface area contributed by atoms with Crippen molar-refractivity contribution in [3.05, 3.63) is 22.4 Å². The van der Waals surface area contributed by atoms with Gasteiger partial charge in [-0.3, -0.25) is 4.90 Å².